The van der Waals surface area contributed by atoms with Crippen molar-refractivity contribution < 1.29 is 0 Å². The van der Waals surface area contributed by atoms with Crippen LogP contribution in [0.25, 0.3) is 108 Å². The average molecular weight is 725 g/mol. The van der Waals surface area contributed by atoms with Crippen LogP contribution in [0.4, 0.5) is 17.1 Å². The van der Waals surface area contributed by atoms with Gasteiger partial charge in [-0.15, -0.1) is 0 Å². The van der Waals surface area contributed by atoms with Gasteiger partial charge < -0.3 is 13.7 Å². The summed E-state index contributed by atoms with van der Waals surface area (Å²) in [6.07, 6.45) is 0. The Labute approximate surface area is 327 Å². The lowest BCUT2D eigenvalue weighted by Crippen LogP contribution is -1.97. The Kier molecular flexibility index (Phi) is 6.95. The Morgan fingerprint density at radius 2 is 0.807 bits per heavy atom. The van der Waals surface area contributed by atoms with Crippen molar-refractivity contribution in [2.75, 3.05) is 0 Å². The molecule has 262 valence electrons. The van der Waals surface area contributed by atoms with Gasteiger partial charge in [-0.05, 0) is 89.3 Å². The average Bonchev–Trinajstić information content (AvgIpc) is 3.91. The van der Waals surface area contributed by atoms with Gasteiger partial charge in [-0.2, -0.15) is 0 Å². The van der Waals surface area contributed by atoms with Crippen LogP contribution >= 0.6 is 0 Å². The van der Waals surface area contributed by atoms with Crippen molar-refractivity contribution in [2.24, 2.45) is 0 Å². The molecule has 0 aliphatic rings. The summed E-state index contributed by atoms with van der Waals surface area (Å²) in [6, 6.07) is 58.1. The molecule has 11 aromatic rings. The van der Waals surface area contributed by atoms with Gasteiger partial charge in [-0.3, -0.25) is 0 Å². The summed E-state index contributed by atoms with van der Waals surface area (Å²) in [6.45, 7) is 23.6. The highest BCUT2D eigenvalue weighted by atomic mass is 15.0. The van der Waals surface area contributed by atoms with Crippen LogP contribution in [-0.2, 0) is 0 Å². The zero-order chi connectivity index (χ0) is 38.2. The van der Waals surface area contributed by atoms with Gasteiger partial charge in [0, 0.05) is 43.8 Å². The highest BCUT2D eigenvalue weighted by Gasteiger charge is 2.19. The molecule has 0 saturated heterocycles. The molecule has 0 radical (unpaired) electrons. The van der Waals surface area contributed by atoms with E-state index in [1.807, 2.05) is 54.6 Å². The zero-order valence-electron chi connectivity index (χ0n) is 30.3. The van der Waals surface area contributed by atoms with E-state index >= 15 is 0 Å². The molecular formula is C51H28N6. The van der Waals surface area contributed by atoms with Crippen LogP contribution in [0.3, 0.4) is 0 Å². The second kappa shape index (κ2) is 12.3. The summed E-state index contributed by atoms with van der Waals surface area (Å²) in [5.41, 5.74) is 12.8. The molecule has 0 fully saturated rings. The van der Waals surface area contributed by atoms with Gasteiger partial charge in [-0.1, -0.05) is 97.1 Å². The monoisotopic (exact) mass is 724 g/mol. The lowest BCUT2D eigenvalue weighted by molar-refractivity contribution is 1.15. The van der Waals surface area contributed by atoms with Crippen LogP contribution < -0.4 is 0 Å². The van der Waals surface area contributed by atoms with E-state index in [0.717, 1.165) is 82.8 Å². The molecule has 11 rings (SSSR count). The Morgan fingerprint density at radius 1 is 0.316 bits per heavy atom. The van der Waals surface area contributed by atoms with Gasteiger partial charge >= 0.3 is 0 Å². The number of fused-ring (bicyclic) bond motifs is 9. The molecule has 0 bridgehead atoms. The maximum atomic E-state index is 8.25. The van der Waals surface area contributed by atoms with Crippen molar-refractivity contribution in [3.63, 3.8) is 0 Å². The first-order valence-electron chi connectivity index (χ1n) is 18.6. The molecule has 0 atom stereocenters. The fourth-order valence-electron chi connectivity index (χ4n) is 8.76. The first-order chi connectivity index (χ1) is 28.1. The molecule has 57 heavy (non-hydrogen) atoms. The third-order valence-electron chi connectivity index (χ3n) is 11.3. The molecule has 0 spiro atoms. The van der Waals surface area contributed by atoms with Crippen LogP contribution in [0.1, 0.15) is 0 Å². The van der Waals surface area contributed by atoms with Crippen LogP contribution in [0.2, 0.25) is 0 Å². The minimum absolute atomic E-state index is 0.542. The van der Waals surface area contributed by atoms with Crippen LogP contribution in [-0.4, -0.2) is 13.7 Å². The van der Waals surface area contributed by atoms with Crippen molar-refractivity contribution in [3.05, 3.63) is 204 Å². The Balaban J connectivity index is 1.05. The molecule has 6 heteroatoms. The van der Waals surface area contributed by atoms with Crippen LogP contribution in [0.15, 0.2) is 170 Å². The summed E-state index contributed by atoms with van der Waals surface area (Å²) in [4.78, 5) is 11.5. The highest BCUT2D eigenvalue weighted by Crippen LogP contribution is 2.41. The number of nitrogens with zero attached hydrogens (tertiary/aromatic N) is 6. The third-order valence-corrected chi connectivity index (χ3v) is 11.3. The van der Waals surface area contributed by atoms with Crippen LogP contribution in [0.5, 0.6) is 0 Å². The fourth-order valence-corrected chi connectivity index (χ4v) is 8.76. The molecule has 6 nitrogen and oxygen atoms in total. The molecule has 3 heterocycles. The standard InChI is InChI=1S/C51H28N6/c1-52-34-20-27-48-43(29-34)40-12-6-9-15-47(40)57(48)49-26-18-33(28-44(49)54-3)32-16-21-36(22-17-32)55-50-30-35(53-2)19-24-41(50)42-25-23-37(31-51(42)55)56-45-13-7-4-10-38(45)39-11-5-8-14-46(39)56/h4-31H. The first-order valence-corrected chi connectivity index (χ1v) is 18.6. The van der Waals surface area contributed by atoms with Crippen molar-refractivity contribution in [2.45, 2.75) is 0 Å². The molecule has 0 saturated carbocycles. The largest absolute Gasteiger partial charge is 0.319 e. The van der Waals surface area contributed by atoms with Crippen molar-refractivity contribution in [3.8, 4) is 28.2 Å². The number of benzene rings is 8. The smallest absolute Gasteiger partial charge is 0.211 e. The van der Waals surface area contributed by atoms with Crippen molar-refractivity contribution >= 4 is 82.5 Å². The zero-order valence-corrected chi connectivity index (χ0v) is 30.3. The van der Waals surface area contributed by atoms with Gasteiger partial charge in [0.25, 0.3) is 0 Å². The molecule has 8 aromatic carbocycles. The van der Waals surface area contributed by atoms with E-state index in [0.29, 0.717) is 17.1 Å². The number of aromatic nitrogens is 3. The Morgan fingerprint density at radius 3 is 1.47 bits per heavy atom. The van der Waals surface area contributed by atoms with E-state index in [2.05, 4.69) is 143 Å². The van der Waals surface area contributed by atoms with E-state index < -0.39 is 0 Å². The number of hydrogen-bond donors (Lipinski definition) is 0. The number of para-hydroxylation sites is 3. The maximum Gasteiger partial charge on any atom is 0.211 e. The maximum absolute atomic E-state index is 8.25. The lowest BCUT2D eigenvalue weighted by atomic mass is 10.0. The summed E-state index contributed by atoms with van der Waals surface area (Å²) >= 11 is 0. The first kappa shape index (κ1) is 32.1. The van der Waals surface area contributed by atoms with Crippen molar-refractivity contribution in [1.29, 1.82) is 0 Å². The Hall–Kier alpha value is -8.37. The summed E-state index contributed by atoms with van der Waals surface area (Å²) in [5.74, 6) is 0. The minimum atomic E-state index is 0.542. The predicted molar refractivity (Wildman–Crippen MR) is 234 cm³/mol. The Bertz CT molecular complexity index is 3560. The molecule has 0 aliphatic carbocycles. The third kappa shape index (κ3) is 4.74. The minimum Gasteiger partial charge on any atom is -0.319 e. The summed E-state index contributed by atoms with van der Waals surface area (Å²) in [7, 11) is 0. The van der Waals surface area contributed by atoms with Gasteiger partial charge in [0.05, 0.1) is 53.0 Å². The normalized spacial score (nSPS) is 11.5. The van der Waals surface area contributed by atoms with Crippen molar-refractivity contribution in [1.82, 2.24) is 13.7 Å². The molecule has 0 amide bonds. The topological polar surface area (TPSA) is 27.9 Å². The highest BCUT2D eigenvalue weighted by molar-refractivity contribution is 6.13. The second-order valence-electron chi connectivity index (χ2n) is 14.2. The lowest BCUT2D eigenvalue weighted by Gasteiger charge is -2.13. The quantitative estimate of drug-likeness (QED) is 0.162. The molecule has 0 N–H and O–H groups in total. The van der Waals surface area contributed by atoms with E-state index in [-0.39, 0.29) is 0 Å². The molecule has 3 aromatic heterocycles. The van der Waals surface area contributed by atoms with Gasteiger partial charge in [0.2, 0.25) is 5.69 Å². The van der Waals surface area contributed by atoms with Gasteiger partial charge in [-0.25, -0.2) is 14.5 Å². The van der Waals surface area contributed by atoms with E-state index in [1.165, 1.54) is 10.8 Å². The van der Waals surface area contributed by atoms with Crippen LogP contribution in [0, 0.1) is 19.7 Å². The molecule has 0 unspecified atom stereocenters. The second-order valence-corrected chi connectivity index (χ2v) is 14.2. The van der Waals surface area contributed by atoms with Gasteiger partial charge in [0.15, 0.2) is 11.4 Å². The van der Waals surface area contributed by atoms with Gasteiger partial charge in [0.1, 0.15) is 0 Å². The molecular weight excluding hydrogens is 697 g/mol. The van der Waals surface area contributed by atoms with E-state index in [9.17, 15) is 0 Å². The summed E-state index contributed by atoms with van der Waals surface area (Å²) in [5, 5.41) is 6.66. The fraction of sp³-hybridized carbons (Fsp3) is 0. The van der Waals surface area contributed by atoms with E-state index in [4.69, 9.17) is 19.7 Å². The number of hydrogen-bond acceptors (Lipinski definition) is 0. The molecule has 0 aliphatic heterocycles. The number of rotatable bonds is 4. The van der Waals surface area contributed by atoms with E-state index in [1.54, 1.807) is 0 Å². The summed E-state index contributed by atoms with van der Waals surface area (Å²) < 4.78 is 6.73. The predicted octanol–water partition coefficient (Wildman–Crippen LogP) is 14.3. The SMILES string of the molecule is [C-]#[N+]c1ccc2c(c1)c1ccccc1n2-c1ccc(-c2ccc(-n3c4cc([N+]#[C-])ccc4c4ccc(-n5c6ccccc6c6ccccc65)cc43)cc2)cc1[N+]#[C-].